The molecule has 0 aliphatic carbocycles. The van der Waals surface area contributed by atoms with E-state index in [1.54, 1.807) is 10.9 Å². The molecule has 1 unspecified atom stereocenters. The van der Waals surface area contributed by atoms with Gasteiger partial charge in [-0.15, -0.1) is 0 Å². The van der Waals surface area contributed by atoms with E-state index in [0.717, 1.165) is 5.69 Å². The van der Waals surface area contributed by atoms with Gasteiger partial charge in [0.1, 0.15) is 6.10 Å². The first kappa shape index (κ1) is 11.2. The van der Waals surface area contributed by atoms with Gasteiger partial charge < -0.3 is 10.2 Å². The Hall–Kier alpha value is -0.870. The fraction of sp³-hybridized carbons (Fsp3) is 0.700. The molecule has 1 heterocycles. The minimum atomic E-state index is -0.835. The summed E-state index contributed by atoms with van der Waals surface area (Å²) in [5.41, 5.74) is 1.43. The molecule has 1 atom stereocenters. The van der Waals surface area contributed by atoms with Gasteiger partial charge in [-0.3, -0.25) is 4.68 Å². The second-order valence-corrected chi connectivity index (χ2v) is 4.56. The SMILES string of the molecule is Cn1cc(C(O)CO)c(C(C)(C)C)n1. The molecule has 4 heteroatoms. The number of nitrogens with zero attached hydrogens (tertiary/aromatic N) is 2. The van der Waals surface area contributed by atoms with Crippen LogP contribution in [0.2, 0.25) is 0 Å². The molecular formula is C10H18N2O2. The van der Waals surface area contributed by atoms with Gasteiger partial charge in [-0.25, -0.2) is 0 Å². The Morgan fingerprint density at radius 2 is 2.07 bits per heavy atom. The molecule has 80 valence electrons. The maximum Gasteiger partial charge on any atom is 0.105 e. The average Bonchev–Trinajstić information content (AvgIpc) is 2.45. The summed E-state index contributed by atoms with van der Waals surface area (Å²) in [6, 6.07) is 0. The van der Waals surface area contributed by atoms with Crippen molar-refractivity contribution in [2.24, 2.45) is 7.05 Å². The van der Waals surface area contributed by atoms with Gasteiger partial charge in [-0.1, -0.05) is 20.8 Å². The maximum atomic E-state index is 9.58. The van der Waals surface area contributed by atoms with E-state index in [2.05, 4.69) is 5.10 Å². The Morgan fingerprint density at radius 3 is 2.50 bits per heavy atom. The monoisotopic (exact) mass is 198 g/mol. The first-order valence-corrected chi connectivity index (χ1v) is 4.69. The highest BCUT2D eigenvalue weighted by Crippen LogP contribution is 2.27. The highest BCUT2D eigenvalue weighted by atomic mass is 16.3. The third-order valence-electron chi connectivity index (χ3n) is 2.10. The molecule has 0 amide bonds. The summed E-state index contributed by atoms with van der Waals surface area (Å²) in [5.74, 6) is 0. The van der Waals surface area contributed by atoms with Crippen LogP contribution in [0.25, 0.3) is 0 Å². The number of hydrogen-bond donors (Lipinski definition) is 2. The van der Waals surface area contributed by atoms with Crippen LogP contribution in [-0.4, -0.2) is 26.6 Å². The number of rotatable bonds is 2. The summed E-state index contributed by atoms with van der Waals surface area (Å²) in [6.07, 6.45) is 0.916. The van der Waals surface area contributed by atoms with E-state index in [1.165, 1.54) is 0 Å². The Kier molecular flexibility index (Phi) is 2.97. The van der Waals surface area contributed by atoms with Gasteiger partial charge in [0.2, 0.25) is 0 Å². The van der Waals surface area contributed by atoms with E-state index < -0.39 is 6.10 Å². The molecule has 0 aromatic carbocycles. The van der Waals surface area contributed by atoms with Crippen molar-refractivity contribution >= 4 is 0 Å². The molecule has 0 aliphatic rings. The van der Waals surface area contributed by atoms with Crippen LogP contribution in [0, 0.1) is 0 Å². The molecular weight excluding hydrogens is 180 g/mol. The number of aliphatic hydroxyl groups excluding tert-OH is 2. The van der Waals surface area contributed by atoms with Crippen LogP contribution in [0.4, 0.5) is 0 Å². The second kappa shape index (κ2) is 3.71. The van der Waals surface area contributed by atoms with Gasteiger partial charge in [-0.05, 0) is 0 Å². The van der Waals surface area contributed by atoms with E-state index in [0.29, 0.717) is 5.56 Å². The van der Waals surface area contributed by atoms with Crippen LogP contribution < -0.4 is 0 Å². The highest BCUT2D eigenvalue weighted by molar-refractivity contribution is 5.26. The van der Waals surface area contributed by atoms with Crippen molar-refractivity contribution in [2.45, 2.75) is 32.3 Å². The molecule has 0 bridgehead atoms. The standard InChI is InChI=1S/C10H18N2O2/c1-10(2,3)9-7(8(14)6-13)5-12(4)11-9/h5,8,13-14H,6H2,1-4H3. The molecule has 0 fully saturated rings. The minimum Gasteiger partial charge on any atom is -0.393 e. The summed E-state index contributed by atoms with van der Waals surface area (Å²) < 4.78 is 1.66. The lowest BCUT2D eigenvalue weighted by molar-refractivity contribution is 0.0941. The molecule has 1 aromatic rings. The zero-order valence-electron chi connectivity index (χ0n) is 9.15. The predicted molar refractivity (Wildman–Crippen MR) is 54.0 cm³/mol. The van der Waals surface area contributed by atoms with Crippen LogP contribution in [0.15, 0.2) is 6.20 Å². The van der Waals surface area contributed by atoms with Crippen molar-refractivity contribution in [1.82, 2.24) is 9.78 Å². The molecule has 0 radical (unpaired) electrons. The summed E-state index contributed by atoms with van der Waals surface area (Å²) in [7, 11) is 1.81. The van der Waals surface area contributed by atoms with E-state index in [-0.39, 0.29) is 12.0 Å². The predicted octanol–water partition coefficient (Wildman–Crippen LogP) is 0.743. The van der Waals surface area contributed by atoms with Crippen molar-refractivity contribution < 1.29 is 10.2 Å². The lowest BCUT2D eigenvalue weighted by Crippen LogP contribution is -2.17. The molecule has 2 N–H and O–H groups in total. The smallest absolute Gasteiger partial charge is 0.105 e. The third kappa shape index (κ3) is 2.13. The Labute approximate surface area is 84.2 Å². The van der Waals surface area contributed by atoms with E-state index in [4.69, 9.17) is 5.11 Å². The Morgan fingerprint density at radius 1 is 1.50 bits per heavy atom. The molecule has 0 saturated carbocycles. The molecule has 0 spiro atoms. The van der Waals surface area contributed by atoms with Crippen molar-refractivity contribution in [1.29, 1.82) is 0 Å². The summed E-state index contributed by atoms with van der Waals surface area (Å²) in [6.45, 7) is 5.82. The number of aromatic nitrogens is 2. The van der Waals surface area contributed by atoms with E-state index in [9.17, 15) is 5.11 Å². The lowest BCUT2D eigenvalue weighted by atomic mass is 9.88. The zero-order valence-corrected chi connectivity index (χ0v) is 9.15. The van der Waals surface area contributed by atoms with Crippen LogP contribution in [0.5, 0.6) is 0 Å². The lowest BCUT2D eigenvalue weighted by Gasteiger charge is -2.18. The number of aliphatic hydroxyl groups is 2. The molecule has 14 heavy (non-hydrogen) atoms. The van der Waals surface area contributed by atoms with Crippen LogP contribution in [0.3, 0.4) is 0 Å². The molecule has 4 nitrogen and oxygen atoms in total. The summed E-state index contributed by atoms with van der Waals surface area (Å²) >= 11 is 0. The van der Waals surface area contributed by atoms with Gasteiger partial charge in [0.15, 0.2) is 0 Å². The fourth-order valence-electron chi connectivity index (χ4n) is 1.43. The quantitative estimate of drug-likeness (QED) is 0.737. The highest BCUT2D eigenvalue weighted by Gasteiger charge is 2.25. The number of aryl methyl sites for hydroxylation is 1. The maximum absolute atomic E-state index is 9.58. The molecule has 1 aromatic heterocycles. The topological polar surface area (TPSA) is 58.3 Å². The van der Waals surface area contributed by atoms with Crippen molar-refractivity contribution in [3.63, 3.8) is 0 Å². The van der Waals surface area contributed by atoms with Gasteiger partial charge in [0.25, 0.3) is 0 Å². The molecule has 1 rings (SSSR count). The van der Waals surface area contributed by atoms with Crippen molar-refractivity contribution in [3.8, 4) is 0 Å². The van der Waals surface area contributed by atoms with Gasteiger partial charge in [0, 0.05) is 24.2 Å². The Balaban J connectivity index is 3.16. The first-order chi connectivity index (χ1) is 6.36. The normalized spacial score (nSPS) is 14.4. The van der Waals surface area contributed by atoms with Crippen LogP contribution in [-0.2, 0) is 12.5 Å². The average molecular weight is 198 g/mol. The van der Waals surface area contributed by atoms with E-state index in [1.807, 2.05) is 27.8 Å². The van der Waals surface area contributed by atoms with Crippen molar-refractivity contribution in [3.05, 3.63) is 17.5 Å². The molecule has 0 aliphatic heterocycles. The van der Waals surface area contributed by atoms with Crippen LogP contribution >= 0.6 is 0 Å². The fourth-order valence-corrected chi connectivity index (χ4v) is 1.43. The summed E-state index contributed by atoms with van der Waals surface area (Å²) in [4.78, 5) is 0. The second-order valence-electron chi connectivity index (χ2n) is 4.56. The van der Waals surface area contributed by atoms with Crippen molar-refractivity contribution in [2.75, 3.05) is 6.61 Å². The van der Waals surface area contributed by atoms with Crippen LogP contribution in [0.1, 0.15) is 38.1 Å². The van der Waals surface area contributed by atoms with Gasteiger partial charge in [-0.2, -0.15) is 5.10 Å². The first-order valence-electron chi connectivity index (χ1n) is 4.69. The molecule has 0 saturated heterocycles. The van der Waals surface area contributed by atoms with Gasteiger partial charge >= 0.3 is 0 Å². The van der Waals surface area contributed by atoms with E-state index >= 15 is 0 Å². The largest absolute Gasteiger partial charge is 0.393 e. The zero-order chi connectivity index (χ0) is 10.9. The minimum absolute atomic E-state index is 0.118. The summed E-state index contributed by atoms with van der Waals surface area (Å²) in [5, 5.41) is 22.8. The number of hydrogen-bond acceptors (Lipinski definition) is 3. The third-order valence-corrected chi connectivity index (χ3v) is 2.10. The Bertz CT molecular complexity index is 312. The van der Waals surface area contributed by atoms with Gasteiger partial charge in [0.05, 0.1) is 12.3 Å².